The van der Waals surface area contributed by atoms with E-state index in [1.54, 1.807) is 4.31 Å². The largest absolute Gasteiger partial charge is 0.216 e. The van der Waals surface area contributed by atoms with Gasteiger partial charge in [0.25, 0.3) is 0 Å². The summed E-state index contributed by atoms with van der Waals surface area (Å²) in [5.41, 5.74) is 0.363. The Morgan fingerprint density at radius 2 is 1.59 bits per heavy atom. The lowest BCUT2D eigenvalue weighted by atomic mass is 9.81. The maximum absolute atomic E-state index is 12.1. The Morgan fingerprint density at radius 3 is 2.00 bits per heavy atom. The normalized spacial score (nSPS) is 25.1. The standard InChI is InChI=1S/C13H25NO2S/c1-13(2,3)10-11-6-8-14(9-7-11)17(15,16)12-4-5-12/h11-12H,4-10H2,1-3H3. The van der Waals surface area contributed by atoms with E-state index in [0.29, 0.717) is 11.3 Å². The molecule has 17 heavy (non-hydrogen) atoms. The minimum Gasteiger partial charge on any atom is -0.212 e. The van der Waals surface area contributed by atoms with E-state index in [2.05, 4.69) is 20.8 Å². The van der Waals surface area contributed by atoms with Gasteiger partial charge in [-0.15, -0.1) is 0 Å². The van der Waals surface area contributed by atoms with E-state index in [-0.39, 0.29) is 5.25 Å². The Hall–Kier alpha value is -0.0900. The summed E-state index contributed by atoms with van der Waals surface area (Å²) >= 11 is 0. The van der Waals surface area contributed by atoms with E-state index in [4.69, 9.17) is 0 Å². The fraction of sp³-hybridized carbons (Fsp3) is 1.00. The lowest BCUT2D eigenvalue weighted by Gasteiger charge is -2.34. The van der Waals surface area contributed by atoms with Crippen LogP contribution in [0.3, 0.4) is 0 Å². The third-order valence-electron chi connectivity index (χ3n) is 3.78. The van der Waals surface area contributed by atoms with Crippen LogP contribution < -0.4 is 0 Å². The van der Waals surface area contributed by atoms with Crippen LogP contribution in [0.2, 0.25) is 0 Å². The van der Waals surface area contributed by atoms with E-state index in [0.717, 1.165) is 38.8 Å². The first-order valence-electron chi connectivity index (χ1n) is 6.78. The summed E-state index contributed by atoms with van der Waals surface area (Å²) in [5, 5.41) is -0.0401. The predicted molar refractivity (Wildman–Crippen MR) is 70.3 cm³/mol. The van der Waals surface area contributed by atoms with Crippen LogP contribution >= 0.6 is 0 Å². The van der Waals surface area contributed by atoms with Crippen LogP contribution in [0.25, 0.3) is 0 Å². The molecule has 4 heteroatoms. The van der Waals surface area contributed by atoms with Gasteiger partial charge < -0.3 is 0 Å². The second kappa shape index (κ2) is 4.54. The SMILES string of the molecule is CC(C)(C)CC1CCN(S(=O)(=O)C2CC2)CC1. The summed E-state index contributed by atoms with van der Waals surface area (Å²) in [7, 11) is -2.92. The molecule has 3 nitrogen and oxygen atoms in total. The molecule has 0 spiro atoms. The zero-order valence-corrected chi connectivity index (χ0v) is 12.1. The number of sulfonamides is 1. The molecule has 0 amide bonds. The number of hydrogen-bond acceptors (Lipinski definition) is 2. The quantitative estimate of drug-likeness (QED) is 0.781. The first kappa shape index (κ1) is 13.3. The molecule has 0 unspecified atom stereocenters. The van der Waals surface area contributed by atoms with Gasteiger partial charge in [-0.3, -0.25) is 0 Å². The molecular formula is C13H25NO2S. The number of nitrogens with zero attached hydrogens (tertiary/aromatic N) is 1. The molecule has 0 aromatic rings. The summed E-state index contributed by atoms with van der Waals surface area (Å²) in [5.74, 6) is 0.709. The lowest BCUT2D eigenvalue weighted by Crippen LogP contribution is -2.40. The Balaban J connectivity index is 1.86. The van der Waals surface area contributed by atoms with Gasteiger partial charge in [0.1, 0.15) is 0 Å². The smallest absolute Gasteiger partial charge is 0.212 e. The minimum atomic E-state index is -2.92. The van der Waals surface area contributed by atoms with Crippen molar-refractivity contribution in [2.24, 2.45) is 11.3 Å². The van der Waals surface area contributed by atoms with Crippen molar-refractivity contribution in [2.45, 2.75) is 58.1 Å². The third kappa shape index (κ3) is 3.44. The minimum absolute atomic E-state index is 0.0401. The van der Waals surface area contributed by atoms with Crippen molar-refractivity contribution in [3.63, 3.8) is 0 Å². The molecule has 0 radical (unpaired) electrons. The van der Waals surface area contributed by atoms with Crippen LogP contribution in [0.5, 0.6) is 0 Å². The molecule has 2 fully saturated rings. The summed E-state index contributed by atoms with van der Waals surface area (Å²) in [6, 6.07) is 0. The molecule has 100 valence electrons. The number of piperidine rings is 1. The van der Waals surface area contributed by atoms with Crippen molar-refractivity contribution in [3.05, 3.63) is 0 Å². The molecule has 2 rings (SSSR count). The van der Waals surface area contributed by atoms with Gasteiger partial charge in [0.15, 0.2) is 0 Å². The average molecular weight is 259 g/mol. The fourth-order valence-electron chi connectivity index (χ4n) is 2.81. The molecule has 1 aliphatic heterocycles. The fourth-order valence-corrected chi connectivity index (χ4v) is 4.68. The molecule has 1 saturated carbocycles. The second-order valence-corrected chi connectivity index (χ2v) is 9.06. The van der Waals surface area contributed by atoms with Crippen molar-refractivity contribution in [2.75, 3.05) is 13.1 Å². The molecule has 2 aliphatic rings. The maximum atomic E-state index is 12.1. The zero-order chi connectivity index (χ0) is 12.7. The Bertz CT molecular complexity index is 357. The van der Waals surface area contributed by atoms with Gasteiger partial charge in [-0.1, -0.05) is 20.8 Å². The first-order valence-corrected chi connectivity index (χ1v) is 8.28. The maximum Gasteiger partial charge on any atom is 0.216 e. The Morgan fingerprint density at radius 1 is 1.06 bits per heavy atom. The van der Waals surface area contributed by atoms with E-state index < -0.39 is 10.0 Å². The van der Waals surface area contributed by atoms with Gasteiger partial charge in [0.2, 0.25) is 10.0 Å². The van der Waals surface area contributed by atoms with Crippen LogP contribution in [0, 0.1) is 11.3 Å². The third-order valence-corrected chi connectivity index (χ3v) is 6.18. The molecule has 1 heterocycles. The van der Waals surface area contributed by atoms with Crippen molar-refractivity contribution in [1.29, 1.82) is 0 Å². The first-order chi connectivity index (χ1) is 7.79. The van der Waals surface area contributed by atoms with Gasteiger partial charge in [0.05, 0.1) is 5.25 Å². The van der Waals surface area contributed by atoms with Gasteiger partial charge in [-0.25, -0.2) is 12.7 Å². The highest BCUT2D eigenvalue weighted by atomic mass is 32.2. The molecule has 1 saturated heterocycles. The second-order valence-electron chi connectivity index (χ2n) is 6.85. The van der Waals surface area contributed by atoms with Crippen molar-refractivity contribution in [3.8, 4) is 0 Å². The van der Waals surface area contributed by atoms with Gasteiger partial charge in [0, 0.05) is 13.1 Å². The van der Waals surface area contributed by atoms with Crippen molar-refractivity contribution >= 4 is 10.0 Å². The van der Waals surface area contributed by atoms with Gasteiger partial charge in [-0.05, 0) is 43.4 Å². The van der Waals surface area contributed by atoms with E-state index in [1.165, 1.54) is 6.42 Å². The van der Waals surface area contributed by atoms with Gasteiger partial charge >= 0.3 is 0 Å². The van der Waals surface area contributed by atoms with E-state index in [9.17, 15) is 8.42 Å². The van der Waals surface area contributed by atoms with Crippen LogP contribution in [0.4, 0.5) is 0 Å². The highest BCUT2D eigenvalue weighted by Gasteiger charge is 2.41. The highest BCUT2D eigenvalue weighted by molar-refractivity contribution is 7.90. The van der Waals surface area contributed by atoms with Crippen LogP contribution in [-0.2, 0) is 10.0 Å². The monoisotopic (exact) mass is 259 g/mol. The van der Waals surface area contributed by atoms with E-state index >= 15 is 0 Å². The number of rotatable bonds is 3. The Labute approximate surface area is 106 Å². The molecular weight excluding hydrogens is 234 g/mol. The van der Waals surface area contributed by atoms with Crippen LogP contribution in [-0.4, -0.2) is 31.1 Å². The van der Waals surface area contributed by atoms with E-state index in [1.807, 2.05) is 0 Å². The lowest BCUT2D eigenvalue weighted by molar-refractivity contribution is 0.207. The highest BCUT2D eigenvalue weighted by Crippen LogP contribution is 2.35. The molecule has 0 aromatic carbocycles. The average Bonchev–Trinajstić information content (AvgIpc) is 2.98. The summed E-state index contributed by atoms with van der Waals surface area (Å²) in [6.45, 7) is 8.29. The molecule has 1 aliphatic carbocycles. The van der Waals surface area contributed by atoms with Crippen LogP contribution in [0.1, 0.15) is 52.9 Å². The van der Waals surface area contributed by atoms with Gasteiger partial charge in [-0.2, -0.15) is 0 Å². The van der Waals surface area contributed by atoms with Crippen molar-refractivity contribution < 1.29 is 8.42 Å². The molecule has 0 bridgehead atoms. The number of hydrogen-bond donors (Lipinski definition) is 0. The predicted octanol–water partition coefficient (Wildman–Crippen LogP) is 2.63. The summed E-state index contributed by atoms with van der Waals surface area (Å²) < 4.78 is 25.9. The van der Waals surface area contributed by atoms with Crippen molar-refractivity contribution in [1.82, 2.24) is 4.31 Å². The molecule has 0 atom stereocenters. The topological polar surface area (TPSA) is 37.4 Å². The molecule has 0 aromatic heterocycles. The van der Waals surface area contributed by atoms with Crippen LogP contribution in [0.15, 0.2) is 0 Å². The summed E-state index contributed by atoms with van der Waals surface area (Å²) in [4.78, 5) is 0. The molecule has 0 N–H and O–H groups in total. The summed E-state index contributed by atoms with van der Waals surface area (Å²) in [6.07, 6.45) is 5.06. The Kier molecular flexibility index (Phi) is 3.56. The zero-order valence-electron chi connectivity index (χ0n) is 11.3.